The van der Waals surface area contributed by atoms with Crippen molar-refractivity contribution >= 4 is 15.9 Å². The van der Waals surface area contributed by atoms with Gasteiger partial charge in [-0.3, -0.25) is 0 Å². The van der Waals surface area contributed by atoms with Gasteiger partial charge in [-0.1, -0.05) is 35.2 Å². The molecule has 0 amide bonds. The minimum Gasteiger partial charge on any atom is -0.490 e. The van der Waals surface area contributed by atoms with Crippen LogP contribution in [0, 0.1) is 0 Å². The van der Waals surface area contributed by atoms with Crippen molar-refractivity contribution in [1.29, 1.82) is 0 Å². The van der Waals surface area contributed by atoms with E-state index in [1.807, 2.05) is 19.1 Å². The van der Waals surface area contributed by atoms with Crippen molar-refractivity contribution < 1.29 is 14.6 Å². The molecule has 22 heavy (non-hydrogen) atoms. The largest absolute Gasteiger partial charge is 0.490 e. The predicted molar refractivity (Wildman–Crippen MR) is 91.6 cm³/mol. The molecular formula is C17H26BrNO3. The van der Waals surface area contributed by atoms with E-state index >= 15 is 0 Å². The summed E-state index contributed by atoms with van der Waals surface area (Å²) in [6.07, 6.45) is 6.57. The molecule has 1 aromatic rings. The summed E-state index contributed by atoms with van der Waals surface area (Å²) in [7, 11) is 0. The predicted octanol–water partition coefficient (Wildman–Crippen LogP) is 3.64. The molecular weight excluding hydrogens is 346 g/mol. The van der Waals surface area contributed by atoms with Crippen LogP contribution < -0.4 is 14.8 Å². The van der Waals surface area contributed by atoms with Gasteiger partial charge in [-0.2, -0.15) is 0 Å². The summed E-state index contributed by atoms with van der Waals surface area (Å²) in [6.45, 7) is 3.64. The Hall–Kier alpha value is -0.780. The number of benzene rings is 1. The van der Waals surface area contributed by atoms with Gasteiger partial charge >= 0.3 is 0 Å². The van der Waals surface area contributed by atoms with Crippen molar-refractivity contribution in [3.63, 3.8) is 0 Å². The van der Waals surface area contributed by atoms with E-state index in [9.17, 15) is 0 Å². The minimum absolute atomic E-state index is 0.00578. The van der Waals surface area contributed by atoms with E-state index in [0.717, 1.165) is 16.8 Å². The lowest BCUT2D eigenvalue weighted by molar-refractivity contribution is 0.194. The van der Waals surface area contributed by atoms with Crippen LogP contribution in [0.15, 0.2) is 16.6 Å². The first-order valence-electron chi connectivity index (χ1n) is 8.16. The van der Waals surface area contributed by atoms with Crippen LogP contribution >= 0.6 is 15.9 Å². The van der Waals surface area contributed by atoms with Gasteiger partial charge in [0.1, 0.15) is 6.61 Å². The van der Waals surface area contributed by atoms with E-state index in [4.69, 9.17) is 14.6 Å². The summed E-state index contributed by atoms with van der Waals surface area (Å²) >= 11 is 3.61. The number of nitrogens with one attached hydrogen (secondary N) is 1. The summed E-state index contributed by atoms with van der Waals surface area (Å²) < 4.78 is 12.2. The lowest BCUT2D eigenvalue weighted by atomic mass is 9.95. The Morgan fingerprint density at radius 1 is 1.18 bits per heavy atom. The Morgan fingerprint density at radius 3 is 2.59 bits per heavy atom. The zero-order chi connectivity index (χ0) is 15.8. The quantitative estimate of drug-likeness (QED) is 0.732. The summed E-state index contributed by atoms with van der Waals surface area (Å²) in [4.78, 5) is 0. The second kappa shape index (κ2) is 9.38. The molecule has 4 nitrogen and oxygen atoms in total. The number of hydrogen-bond donors (Lipinski definition) is 2. The second-order valence-electron chi connectivity index (χ2n) is 5.61. The molecule has 1 saturated carbocycles. The van der Waals surface area contributed by atoms with E-state index < -0.39 is 0 Å². The van der Waals surface area contributed by atoms with Crippen molar-refractivity contribution in [3.8, 4) is 11.5 Å². The van der Waals surface area contributed by atoms with E-state index in [0.29, 0.717) is 18.4 Å². The molecule has 2 rings (SSSR count). The number of aliphatic hydroxyl groups is 1. The molecule has 0 aromatic heterocycles. The molecule has 5 heteroatoms. The highest BCUT2D eigenvalue weighted by Gasteiger charge is 2.15. The van der Waals surface area contributed by atoms with Gasteiger partial charge in [0, 0.05) is 17.1 Å². The standard InChI is InChI=1S/C17H26BrNO3/c1-2-21-16-10-13(12-19-14-6-4-3-5-7-14)15(18)11-17(16)22-9-8-20/h10-11,14,19-20H,2-9,12H2,1H3. The average molecular weight is 372 g/mol. The number of hydrogen-bond acceptors (Lipinski definition) is 4. The Kier molecular flexibility index (Phi) is 7.49. The number of rotatable bonds is 8. The van der Waals surface area contributed by atoms with E-state index in [-0.39, 0.29) is 13.2 Å². The smallest absolute Gasteiger partial charge is 0.162 e. The molecule has 1 aliphatic carbocycles. The molecule has 2 N–H and O–H groups in total. The van der Waals surface area contributed by atoms with Crippen molar-refractivity contribution in [3.05, 3.63) is 22.2 Å². The van der Waals surface area contributed by atoms with Crippen LogP contribution in [0.2, 0.25) is 0 Å². The summed E-state index contributed by atoms with van der Waals surface area (Å²) in [5.41, 5.74) is 1.17. The maximum Gasteiger partial charge on any atom is 0.162 e. The van der Waals surface area contributed by atoms with Crippen molar-refractivity contribution in [2.45, 2.75) is 51.6 Å². The first kappa shape index (κ1) is 17.6. The maximum atomic E-state index is 8.91. The lowest BCUT2D eigenvalue weighted by Crippen LogP contribution is -2.30. The first-order valence-corrected chi connectivity index (χ1v) is 8.96. The number of halogens is 1. The zero-order valence-electron chi connectivity index (χ0n) is 13.2. The number of ether oxygens (including phenoxy) is 2. The molecule has 0 saturated heterocycles. The molecule has 0 spiro atoms. The van der Waals surface area contributed by atoms with Crippen LogP contribution in [0.5, 0.6) is 11.5 Å². The average Bonchev–Trinajstić information content (AvgIpc) is 2.54. The van der Waals surface area contributed by atoms with Crippen LogP contribution in [-0.2, 0) is 6.54 Å². The third-order valence-electron chi connectivity index (χ3n) is 3.95. The molecule has 1 fully saturated rings. The Balaban J connectivity index is 2.04. The van der Waals surface area contributed by atoms with Crippen molar-refractivity contribution in [2.75, 3.05) is 19.8 Å². The molecule has 0 heterocycles. The highest BCUT2D eigenvalue weighted by molar-refractivity contribution is 9.10. The van der Waals surface area contributed by atoms with E-state index in [1.165, 1.54) is 37.7 Å². The number of aliphatic hydroxyl groups excluding tert-OH is 1. The van der Waals surface area contributed by atoms with E-state index in [1.54, 1.807) is 0 Å². The van der Waals surface area contributed by atoms with Gasteiger partial charge in [0.25, 0.3) is 0 Å². The fourth-order valence-corrected chi connectivity index (χ4v) is 3.27. The van der Waals surface area contributed by atoms with Crippen molar-refractivity contribution in [2.24, 2.45) is 0 Å². The van der Waals surface area contributed by atoms with Crippen LogP contribution in [0.1, 0.15) is 44.6 Å². The van der Waals surface area contributed by atoms with Crippen LogP contribution in [0.4, 0.5) is 0 Å². The second-order valence-corrected chi connectivity index (χ2v) is 6.47. The molecule has 0 unspecified atom stereocenters. The molecule has 1 aromatic carbocycles. The van der Waals surface area contributed by atoms with Crippen LogP contribution in [-0.4, -0.2) is 31.0 Å². The molecule has 0 bridgehead atoms. The highest BCUT2D eigenvalue weighted by atomic mass is 79.9. The molecule has 1 aliphatic rings. The normalized spacial score (nSPS) is 15.8. The minimum atomic E-state index is -0.00578. The van der Waals surface area contributed by atoms with Gasteiger partial charge in [0.05, 0.1) is 13.2 Å². The summed E-state index contributed by atoms with van der Waals surface area (Å²) in [6, 6.07) is 4.58. The third kappa shape index (κ3) is 5.14. The fourth-order valence-electron chi connectivity index (χ4n) is 2.81. The Labute approximate surface area is 141 Å². The van der Waals surface area contributed by atoms with Crippen molar-refractivity contribution in [1.82, 2.24) is 5.32 Å². The summed E-state index contributed by atoms with van der Waals surface area (Å²) in [5.74, 6) is 1.41. The molecule has 0 aliphatic heterocycles. The maximum absolute atomic E-state index is 8.91. The van der Waals surface area contributed by atoms with Gasteiger partial charge in [-0.05, 0) is 37.5 Å². The van der Waals surface area contributed by atoms with E-state index in [2.05, 4.69) is 21.2 Å². The van der Waals surface area contributed by atoms with Crippen LogP contribution in [0.3, 0.4) is 0 Å². The van der Waals surface area contributed by atoms with Gasteiger partial charge in [0.15, 0.2) is 11.5 Å². The molecule has 0 radical (unpaired) electrons. The topological polar surface area (TPSA) is 50.7 Å². The Bertz CT molecular complexity index is 461. The Morgan fingerprint density at radius 2 is 1.91 bits per heavy atom. The summed E-state index contributed by atoms with van der Waals surface area (Å²) in [5, 5.41) is 12.6. The van der Waals surface area contributed by atoms with Gasteiger partial charge < -0.3 is 19.9 Å². The SMILES string of the molecule is CCOc1cc(CNC2CCCCC2)c(Br)cc1OCCO. The van der Waals surface area contributed by atoms with Crippen LogP contribution in [0.25, 0.3) is 0 Å². The fraction of sp³-hybridized carbons (Fsp3) is 0.647. The van der Waals surface area contributed by atoms with Gasteiger partial charge in [-0.15, -0.1) is 0 Å². The lowest BCUT2D eigenvalue weighted by Gasteiger charge is -2.23. The highest BCUT2D eigenvalue weighted by Crippen LogP contribution is 2.34. The monoisotopic (exact) mass is 371 g/mol. The molecule has 0 atom stereocenters. The first-order chi connectivity index (χ1) is 10.7. The van der Waals surface area contributed by atoms with Gasteiger partial charge in [-0.25, -0.2) is 0 Å². The third-order valence-corrected chi connectivity index (χ3v) is 4.69. The zero-order valence-corrected chi connectivity index (χ0v) is 14.8. The molecule has 124 valence electrons. The van der Waals surface area contributed by atoms with Gasteiger partial charge in [0.2, 0.25) is 0 Å².